The number of aromatic nitrogens is 1. The quantitative estimate of drug-likeness (QED) is 0.494. The van der Waals surface area contributed by atoms with Crippen molar-refractivity contribution in [3.8, 4) is 28.3 Å². The Hall–Kier alpha value is -3.38. The predicted molar refractivity (Wildman–Crippen MR) is 110 cm³/mol. The molecule has 0 radical (unpaired) electrons. The van der Waals surface area contributed by atoms with Crippen LogP contribution < -0.4 is 10.1 Å². The van der Waals surface area contributed by atoms with E-state index in [0.29, 0.717) is 44.3 Å². The van der Waals surface area contributed by atoms with Crippen LogP contribution >= 0.6 is 11.6 Å². The number of methoxy groups -OCH3 is 1. The molecule has 7 heteroatoms. The lowest BCUT2D eigenvalue weighted by molar-refractivity contribution is 0.0964. The molecule has 0 fully saturated rings. The molecule has 0 saturated heterocycles. The second-order valence-electron chi connectivity index (χ2n) is 6.31. The van der Waals surface area contributed by atoms with Crippen molar-refractivity contribution in [3.05, 3.63) is 71.1 Å². The van der Waals surface area contributed by atoms with E-state index < -0.39 is 0 Å². The number of benzene rings is 2. The van der Waals surface area contributed by atoms with Crippen LogP contribution in [-0.4, -0.2) is 25.0 Å². The fourth-order valence-electron chi connectivity index (χ4n) is 3.17. The van der Waals surface area contributed by atoms with Crippen molar-refractivity contribution in [2.45, 2.75) is 0 Å². The van der Waals surface area contributed by atoms with E-state index >= 15 is 0 Å². The third-order valence-electron chi connectivity index (χ3n) is 4.60. The van der Waals surface area contributed by atoms with Gasteiger partial charge < -0.3 is 14.5 Å². The third kappa shape index (κ3) is 3.43. The summed E-state index contributed by atoms with van der Waals surface area (Å²) < 4.78 is 24.5. The van der Waals surface area contributed by atoms with E-state index in [1.165, 1.54) is 25.4 Å². The van der Waals surface area contributed by atoms with Crippen molar-refractivity contribution in [1.29, 1.82) is 0 Å². The zero-order valence-electron chi connectivity index (χ0n) is 15.6. The molecule has 0 aliphatic heterocycles. The number of amides is 1. The lowest BCUT2D eigenvalue weighted by Gasteiger charge is -2.07. The molecule has 2 aromatic carbocycles. The summed E-state index contributed by atoms with van der Waals surface area (Å²) >= 11 is 6.33. The average molecular weight is 411 g/mol. The minimum atomic E-state index is -0.366. The van der Waals surface area contributed by atoms with Crippen LogP contribution in [0.15, 0.2) is 59.1 Å². The summed E-state index contributed by atoms with van der Waals surface area (Å²) in [4.78, 5) is 16.8. The van der Waals surface area contributed by atoms with Crippen molar-refractivity contribution >= 4 is 28.5 Å². The number of rotatable bonds is 4. The number of pyridine rings is 1. The molecule has 0 aliphatic rings. The molecular formula is C22H16ClFN2O3. The molecule has 4 aromatic rings. The van der Waals surface area contributed by atoms with Gasteiger partial charge in [-0.3, -0.25) is 4.79 Å². The molecule has 0 bridgehead atoms. The molecule has 1 N–H and O–H groups in total. The first-order chi connectivity index (χ1) is 14.0. The van der Waals surface area contributed by atoms with Gasteiger partial charge in [-0.25, -0.2) is 9.37 Å². The summed E-state index contributed by atoms with van der Waals surface area (Å²) in [6, 6.07) is 13.0. The van der Waals surface area contributed by atoms with Crippen LogP contribution in [0.2, 0.25) is 5.02 Å². The van der Waals surface area contributed by atoms with Gasteiger partial charge in [-0.1, -0.05) is 17.7 Å². The fourth-order valence-corrected chi connectivity index (χ4v) is 3.38. The van der Waals surface area contributed by atoms with Crippen LogP contribution in [0.5, 0.6) is 5.88 Å². The number of ether oxygens (including phenoxy) is 1. The maximum absolute atomic E-state index is 13.3. The Bertz CT molecular complexity index is 1220. The highest BCUT2D eigenvalue weighted by atomic mass is 35.5. The van der Waals surface area contributed by atoms with Gasteiger partial charge in [0.15, 0.2) is 0 Å². The summed E-state index contributed by atoms with van der Waals surface area (Å²) in [6.07, 6.45) is 1.51. The van der Waals surface area contributed by atoms with Gasteiger partial charge in [-0.15, -0.1) is 0 Å². The van der Waals surface area contributed by atoms with Crippen molar-refractivity contribution in [2.24, 2.45) is 0 Å². The van der Waals surface area contributed by atoms with E-state index in [4.69, 9.17) is 20.8 Å². The molecular weight excluding hydrogens is 395 g/mol. The van der Waals surface area contributed by atoms with Gasteiger partial charge in [0.25, 0.3) is 5.91 Å². The Balaban J connectivity index is 1.95. The average Bonchev–Trinajstić information content (AvgIpc) is 3.12. The van der Waals surface area contributed by atoms with Gasteiger partial charge >= 0.3 is 0 Å². The topological polar surface area (TPSA) is 64.4 Å². The van der Waals surface area contributed by atoms with E-state index in [2.05, 4.69) is 10.3 Å². The Morgan fingerprint density at radius 1 is 1.14 bits per heavy atom. The summed E-state index contributed by atoms with van der Waals surface area (Å²) in [5.41, 5.74) is 3.00. The Morgan fingerprint density at radius 3 is 2.55 bits per heavy atom. The monoisotopic (exact) mass is 410 g/mol. The van der Waals surface area contributed by atoms with Crippen LogP contribution in [0.4, 0.5) is 4.39 Å². The number of carbonyl (C=O) groups excluding carboxylic acids is 1. The largest absolute Gasteiger partial charge is 0.481 e. The van der Waals surface area contributed by atoms with Gasteiger partial charge in [0, 0.05) is 29.6 Å². The Labute approximate surface area is 171 Å². The Morgan fingerprint density at radius 2 is 1.86 bits per heavy atom. The third-order valence-corrected chi connectivity index (χ3v) is 4.90. The molecule has 0 spiro atoms. The number of hydrogen-bond acceptors (Lipinski definition) is 4. The normalized spacial score (nSPS) is 10.9. The molecule has 146 valence electrons. The van der Waals surface area contributed by atoms with Gasteiger partial charge in [0.1, 0.15) is 17.2 Å². The number of halogens is 2. The number of nitrogens with one attached hydrogen (secondary N) is 1. The van der Waals surface area contributed by atoms with Crippen LogP contribution in [0.25, 0.3) is 33.4 Å². The first-order valence-electron chi connectivity index (χ1n) is 8.76. The molecule has 2 heterocycles. The zero-order valence-corrected chi connectivity index (χ0v) is 16.4. The van der Waals surface area contributed by atoms with Gasteiger partial charge in [-0.2, -0.15) is 0 Å². The van der Waals surface area contributed by atoms with Crippen LogP contribution in [0.1, 0.15) is 10.4 Å². The Kier molecular flexibility index (Phi) is 4.94. The molecule has 0 unspecified atom stereocenters. The minimum absolute atomic E-state index is 0.307. The maximum Gasteiger partial charge on any atom is 0.255 e. The molecule has 0 atom stereocenters. The van der Waals surface area contributed by atoms with E-state index in [0.717, 1.165) is 5.56 Å². The number of fused-ring (bicyclic) bond motifs is 1. The van der Waals surface area contributed by atoms with Gasteiger partial charge in [-0.05, 0) is 42.0 Å². The number of nitrogens with zero attached hydrogens (tertiary/aromatic N) is 1. The van der Waals surface area contributed by atoms with Crippen molar-refractivity contribution in [3.63, 3.8) is 0 Å². The van der Waals surface area contributed by atoms with E-state index in [1.54, 1.807) is 31.3 Å². The molecule has 2 aromatic heterocycles. The highest BCUT2D eigenvalue weighted by Gasteiger charge is 2.22. The molecule has 0 saturated carbocycles. The number of carbonyl (C=O) groups is 1. The molecule has 4 rings (SSSR count). The van der Waals surface area contributed by atoms with E-state index in [1.807, 2.05) is 12.1 Å². The van der Waals surface area contributed by atoms with Gasteiger partial charge in [0.2, 0.25) is 5.88 Å². The zero-order chi connectivity index (χ0) is 20.5. The van der Waals surface area contributed by atoms with Crippen molar-refractivity contribution < 1.29 is 18.3 Å². The first kappa shape index (κ1) is 19.0. The number of furan rings is 1. The van der Waals surface area contributed by atoms with Crippen LogP contribution in [0.3, 0.4) is 0 Å². The van der Waals surface area contributed by atoms with Crippen LogP contribution in [0, 0.1) is 5.82 Å². The van der Waals surface area contributed by atoms with Crippen molar-refractivity contribution in [2.75, 3.05) is 14.2 Å². The minimum Gasteiger partial charge on any atom is -0.481 e. The highest BCUT2D eigenvalue weighted by molar-refractivity contribution is 6.33. The fraction of sp³-hybridized carbons (Fsp3) is 0.0909. The van der Waals surface area contributed by atoms with E-state index in [9.17, 15) is 9.18 Å². The molecule has 1 amide bonds. The summed E-state index contributed by atoms with van der Waals surface area (Å²) in [5.74, 6) is 0.124. The molecule has 5 nitrogen and oxygen atoms in total. The smallest absolute Gasteiger partial charge is 0.255 e. The lowest BCUT2D eigenvalue weighted by atomic mass is 10.0. The predicted octanol–water partition coefficient (Wildman–Crippen LogP) is 5.32. The second kappa shape index (κ2) is 7.56. The molecule has 29 heavy (non-hydrogen) atoms. The maximum atomic E-state index is 13.3. The summed E-state index contributed by atoms with van der Waals surface area (Å²) in [6.45, 7) is 0. The summed E-state index contributed by atoms with van der Waals surface area (Å²) in [5, 5.41) is 3.71. The first-order valence-corrected chi connectivity index (χ1v) is 9.14. The molecule has 0 aliphatic carbocycles. The standard InChI is InChI=1S/C22H16ClFN2O3/c1-25-22(27)20-16-9-13(15-10-19(28-2)26-11-17(15)23)5-8-18(16)29-21(20)12-3-6-14(24)7-4-12/h3-11H,1-2H3,(H,25,27). The van der Waals surface area contributed by atoms with Crippen molar-refractivity contribution in [1.82, 2.24) is 10.3 Å². The van der Waals surface area contributed by atoms with Crippen LogP contribution in [-0.2, 0) is 0 Å². The summed E-state index contributed by atoms with van der Waals surface area (Å²) in [7, 11) is 3.07. The highest BCUT2D eigenvalue weighted by Crippen LogP contribution is 2.38. The number of hydrogen-bond donors (Lipinski definition) is 1. The van der Waals surface area contributed by atoms with Gasteiger partial charge in [0.05, 0.1) is 23.9 Å². The SMILES string of the molecule is CNC(=O)c1c(-c2ccc(F)cc2)oc2ccc(-c3cc(OC)ncc3Cl)cc12. The second-order valence-corrected chi connectivity index (χ2v) is 6.72. The van der Waals surface area contributed by atoms with E-state index in [-0.39, 0.29) is 11.7 Å². The lowest BCUT2D eigenvalue weighted by Crippen LogP contribution is -2.18.